The molecule has 1 N–H and O–H groups in total. The van der Waals surface area contributed by atoms with Crippen LogP contribution in [-0.4, -0.2) is 16.7 Å². The maximum Gasteiger partial charge on any atom is 0.294 e. The van der Waals surface area contributed by atoms with Crippen LogP contribution >= 0.6 is 0 Å². The minimum atomic E-state index is -0.514. The summed E-state index contributed by atoms with van der Waals surface area (Å²) in [6, 6.07) is 21.3. The molecular formula is C28H23N3O5. The number of carbonyl (C=O) groups is 2. The number of nitro groups is 1. The number of carbonyl (C=O) groups excluding carboxylic acids is 2. The predicted octanol–water partition coefficient (Wildman–Crippen LogP) is 5.23. The van der Waals surface area contributed by atoms with E-state index in [1.165, 1.54) is 12.1 Å². The number of rotatable bonds is 7. The highest BCUT2D eigenvalue weighted by Crippen LogP contribution is 2.53. The molecule has 6 rings (SSSR count). The average molecular weight is 482 g/mol. The molecule has 0 unspecified atom stereocenters. The predicted molar refractivity (Wildman–Crippen MR) is 134 cm³/mol. The molecule has 0 spiro atoms. The Kier molecular flexibility index (Phi) is 5.29. The third-order valence-corrected chi connectivity index (χ3v) is 7.29. The number of hydrogen-bond acceptors (Lipinski definition) is 6. The molecule has 0 radical (unpaired) electrons. The van der Waals surface area contributed by atoms with E-state index in [4.69, 9.17) is 4.74 Å². The van der Waals surface area contributed by atoms with Crippen molar-refractivity contribution in [3.05, 3.63) is 101 Å². The van der Waals surface area contributed by atoms with E-state index >= 15 is 0 Å². The van der Waals surface area contributed by atoms with Gasteiger partial charge in [0, 0.05) is 11.8 Å². The fourth-order valence-electron chi connectivity index (χ4n) is 5.60. The molecule has 180 valence electrons. The van der Waals surface area contributed by atoms with Crippen LogP contribution in [0.4, 0.5) is 22.7 Å². The molecule has 3 aliphatic rings. The van der Waals surface area contributed by atoms with Gasteiger partial charge in [0.15, 0.2) is 0 Å². The molecule has 3 aromatic rings. The molecule has 1 saturated heterocycles. The van der Waals surface area contributed by atoms with Gasteiger partial charge in [-0.3, -0.25) is 19.7 Å². The maximum absolute atomic E-state index is 13.1. The van der Waals surface area contributed by atoms with E-state index in [1.54, 1.807) is 30.3 Å². The minimum absolute atomic E-state index is 0.0806. The van der Waals surface area contributed by atoms with Crippen LogP contribution < -0.4 is 15.0 Å². The van der Waals surface area contributed by atoms with Gasteiger partial charge >= 0.3 is 0 Å². The number of hydrogen-bond donors (Lipinski definition) is 1. The fraction of sp³-hybridized carbons (Fsp3) is 0.214. The first-order valence-corrected chi connectivity index (χ1v) is 11.9. The molecule has 2 fully saturated rings. The monoisotopic (exact) mass is 481 g/mol. The summed E-state index contributed by atoms with van der Waals surface area (Å²) in [5.41, 5.74) is 1.99. The number of ether oxygens (including phenoxy) is 1. The first-order valence-electron chi connectivity index (χ1n) is 11.9. The molecule has 2 amide bonds. The van der Waals surface area contributed by atoms with Crippen LogP contribution in [0, 0.1) is 33.8 Å². The second-order valence-electron chi connectivity index (χ2n) is 9.39. The van der Waals surface area contributed by atoms with Crippen molar-refractivity contribution in [3.63, 3.8) is 0 Å². The molecule has 36 heavy (non-hydrogen) atoms. The average Bonchev–Trinajstić information content (AvgIpc) is 3.58. The summed E-state index contributed by atoms with van der Waals surface area (Å²) in [7, 11) is 0. The lowest BCUT2D eigenvalue weighted by Crippen LogP contribution is -2.32. The number of anilines is 3. The quantitative estimate of drug-likeness (QED) is 0.215. The van der Waals surface area contributed by atoms with Gasteiger partial charge in [-0.15, -0.1) is 0 Å². The van der Waals surface area contributed by atoms with E-state index in [0.29, 0.717) is 18.0 Å². The maximum atomic E-state index is 13.1. The highest BCUT2D eigenvalue weighted by molar-refractivity contribution is 6.23. The zero-order valence-corrected chi connectivity index (χ0v) is 19.2. The number of fused-ring (bicyclic) bond motifs is 5. The molecule has 8 nitrogen and oxygen atoms in total. The van der Waals surface area contributed by atoms with Crippen molar-refractivity contribution >= 4 is 34.6 Å². The molecule has 4 atom stereocenters. The number of nitrogens with one attached hydrogen (secondary N) is 1. The molecular weight excluding hydrogens is 458 g/mol. The molecule has 3 aromatic carbocycles. The van der Waals surface area contributed by atoms with Gasteiger partial charge < -0.3 is 10.1 Å². The number of nitro benzene ring substituents is 1. The SMILES string of the molecule is O=C1[C@@H]2[C@H](C(=O)N1c1ccc(Nc3ccc(OCc4ccccc4)cc3)c([N+](=O)[O-])c1)[C@H]1C=C[C@H]2C1. The Hall–Kier alpha value is -4.46. The Morgan fingerprint density at radius 1 is 0.917 bits per heavy atom. The zero-order chi connectivity index (χ0) is 24.8. The zero-order valence-electron chi connectivity index (χ0n) is 19.2. The van der Waals surface area contributed by atoms with E-state index in [1.807, 2.05) is 42.5 Å². The normalized spacial score (nSPS) is 23.7. The Morgan fingerprint density at radius 2 is 1.58 bits per heavy atom. The summed E-state index contributed by atoms with van der Waals surface area (Å²) in [5.74, 6) is -0.395. The first kappa shape index (κ1) is 22.0. The summed E-state index contributed by atoms with van der Waals surface area (Å²) in [6.07, 6.45) is 4.88. The Labute approximate surface area is 207 Å². The van der Waals surface area contributed by atoms with E-state index in [-0.39, 0.29) is 52.5 Å². The van der Waals surface area contributed by atoms with E-state index in [0.717, 1.165) is 16.9 Å². The van der Waals surface area contributed by atoms with Crippen LogP contribution in [0.3, 0.4) is 0 Å². The third-order valence-electron chi connectivity index (χ3n) is 7.29. The lowest BCUT2D eigenvalue weighted by atomic mass is 9.85. The fourth-order valence-corrected chi connectivity index (χ4v) is 5.60. The first-order chi connectivity index (χ1) is 17.5. The van der Waals surface area contributed by atoms with Crippen LogP contribution in [0.5, 0.6) is 5.75 Å². The van der Waals surface area contributed by atoms with Gasteiger partial charge in [0.25, 0.3) is 5.69 Å². The van der Waals surface area contributed by atoms with Gasteiger partial charge in [-0.1, -0.05) is 42.5 Å². The molecule has 2 aliphatic carbocycles. The third kappa shape index (κ3) is 3.71. The van der Waals surface area contributed by atoms with Gasteiger partial charge in [0.05, 0.1) is 22.4 Å². The lowest BCUT2D eigenvalue weighted by Gasteiger charge is -2.18. The van der Waals surface area contributed by atoms with Crippen molar-refractivity contribution < 1.29 is 19.2 Å². The van der Waals surface area contributed by atoms with Crippen molar-refractivity contribution in [2.45, 2.75) is 13.0 Å². The van der Waals surface area contributed by atoms with Gasteiger partial charge in [0.2, 0.25) is 11.8 Å². The Balaban J connectivity index is 1.19. The van der Waals surface area contributed by atoms with E-state index in [2.05, 4.69) is 5.32 Å². The van der Waals surface area contributed by atoms with E-state index < -0.39 is 4.92 Å². The van der Waals surface area contributed by atoms with Crippen LogP contribution in [0.2, 0.25) is 0 Å². The van der Waals surface area contributed by atoms with Crippen molar-refractivity contribution in [2.75, 3.05) is 10.2 Å². The van der Waals surface area contributed by atoms with Gasteiger partial charge in [0.1, 0.15) is 18.0 Å². The minimum Gasteiger partial charge on any atom is -0.489 e. The number of allylic oxidation sites excluding steroid dienone is 2. The lowest BCUT2D eigenvalue weighted by molar-refractivity contribution is -0.383. The van der Waals surface area contributed by atoms with Crippen LogP contribution in [0.1, 0.15) is 12.0 Å². The van der Waals surface area contributed by atoms with E-state index in [9.17, 15) is 19.7 Å². The number of nitrogens with zero attached hydrogens (tertiary/aromatic N) is 2. The summed E-state index contributed by atoms with van der Waals surface area (Å²) in [5, 5.41) is 14.9. The van der Waals surface area contributed by atoms with Gasteiger partial charge in [-0.2, -0.15) is 0 Å². The topological polar surface area (TPSA) is 102 Å². The summed E-state index contributed by atoms with van der Waals surface area (Å²) in [6.45, 7) is 0.438. The standard InChI is InChI=1S/C28H23N3O5/c32-27-25-18-6-7-19(14-18)26(25)28(33)30(27)21-10-13-23(24(15-21)31(34)35)29-20-8-11-22(12-9-20)36-16-17-4-2-1-3-5-17/h1-13,15,18-19,25-26,29H,14,16H2/t18-,19-,25-,26+/m0/s1. The molecule has 1 aliphatic heterocycles. The van der Waals surface area contributed by atoms with Crippen molar-refractivity contribution in [1.29, 1.82) is 0 Å². The van der Waals surface area contributed by atoms with Crippen molar-refractivity contribution in [3.8, 4) is 5.75 Å². The van der Waals surface area contributed by atoms with Crippen LogP contribution in [0.25, 0.3) is 0 Å². The van der Waals surface area contributed by atoms with Crippen LogP contribution in [-0.2, 0) is 16.2 Å². The highest BCUT2D eigenvalue weighted by atomic mass is 16.6. The molecule has 2 bridgehead atoms. The smallest absolute Gasteiger partial charge is 0.294 e. The summed E-state index contributed by atoms with van der Waals surface area (Å²) < 4.78 is 5.79. The summed E-state index contributed by atoms with van der Waals surface area (Å²) >= 11 is 0. The number of benzene rings is 3. The Morgan fingerprint density at radius 3 is 2.22 bits per heavy atom. The molecule has 1 heterocycles. The molecule has 1 saturated carbocycles. The van der Waals surface area contributed by atoms with Crippen LogP contribution in [0.15, 0.2) is 84.9 Å². The van der Waals surface area contributed by atoms with Crippen molar-refractivity contribution in [2.24, 2.45) is 23.7 Å². The number of imide groups is 1. The number of amides is 2. The second-order valence-corrected chi connectivity index (χ2v) is 9.39. The van der Waals surface area contributed by atoms with Crippen molar-refractivity contribution in [1.82, 2.24) is 0 Å². The highest BCUT2D eigenvalue weighted by Gasteiger charge is 2.59. The largest absolute Gasteiger partial charge is 0.489 e. The van der Waals surface area contributed by atoms with Gasteiger partial charge in [-0.25, -0.2) is 4.90 Å². The summed E-state index contributed by atoms with van der Waals surface area (Å²) in [4.78, 5) is 38.7. The molecule has 0 aromatic heterocycles. The molecule has 8 heteroatoms. The van der Waals surface area contributed by atoms with Gasteiger partial charge in [-0.05, 0) is 60.2 Å². The Bertz CT molecular complexity index is 1360. The second kappa shape index (κ2) is 8.64.